The Morgan fingerprint density at radius 3 is 2.43 bits per heavy atom. The topological polar surface area (TPSA) is 41.5 Å². The lowest BCUT2D eigenvalue weighted by Gasteiger charge is -2.18. The van der Waals surface area contributed by atoms with Gasteiger partial charge in [-0.25, -0.2) is 0 Å². The van der Waals surface area contributed by atoms with Gasteiger partial charge in [-0.15, -0.1) is 0 Å². The second-order valence-corrected chi connectivity index (χ2v) is 5.68. The van der Waals surface area contributed by atoms with Crippen molar-refractivity contribution in [3.63, 3.8) is 0 Å². The first-order valence-corrected chi connectivity index (χ1v) is 7.34. The van der Waals surface area contributed by atoms with Gasteiger partial charge in [0.05, 0.1) is 28.2 Å². The molecule has 0 spiro atoms. The van der Waals surface area contributed by atoms with Gasteiger partial charge in [-0.05, 0) is 30.7 Å². The van der Waals surface area contributed by atoms with Gasteiger partial charge in [0.15, 0.2) is 11.5 Å². The van der Waals surface area contributed by atoms with Crippen molar-refractivity contribution in [2.24, 2.45) is 0 Å². The minimum absolute atomic E-state index is 0.0648. The van der Waals surface area contributed by atoms with Gasteiger partial charge in [-0.3, -0.25) is 0 Å². The molecular weight excluding hydrogens is 333 g/mol. The molecule has 2 N–H and O–H groups in total. The molecule has 0 heterocycles. The van der Waals surface area contributed by atoms with E-state index < -0.39 is 0 Å². The van der Waals surface area contributed by atoms with E-state index in [9.17, 15) is 5.11 Å². The van der Waals surface area contributed by atoms with Crippen molar-refractivity contribution in [3.8, 4) is 11.5 Å². The van der Waals surface area contributed by atoms with Crippen LogP contribution in [-0.2, 0) is 0 Å². The lowest BCUT2D eigenvalue weighted by Crippen LogP contribution is -2.07. The van der Waals surface area contributed by atoms with E-state index in [4.69, 9.17) is 39.5 Å². The van der Waals surface area contributed by atoms with Crippen LogP contribution in [0.5, 0.6) is 11.5 Å². The number of aromatic hydroxyl groups is 1. The molecule has 0 saturated carbocycles. The van der Waals surface area contributed by atoms with Crippen LogP contribution in [0.4, 0.5) is 5.69 Å². The van der Waals surface area contributed by atoms with Crippen LogP contribution in [-0.4, -0.2) is 12.2 Å². The van der Waals surface area contributed by atoms with Crippen LogP contribution in [0.1, 0.15) is 18.5 Å². The summed E-state index contributed by atoms with van der Waals surface area (Å²) >= 11 is 18.2. The van der Waals surface area contributed by atoms with Gasteiger partial charge in [-0.1, -0.05) is 40.9 Å². The second-order valence-electron chi connectivity index (χ2n) is 4.52. The summed E-state index contributed by atoms with van der Waals surface area (Å²) < 4.78 is 5.01. The molecule has 3 nitrogen and oxygen atoms in total. The van der Waals surface area contributed by atoms with E-state index in [1.54, 1.807) is 24.3 Å². The fourth-order valence-electron chi connectivity index (χ4n) is 1.98. The Bertz CT molecular complexity index is 662. The number of nitrogens with one attached hydrogen (secondary N) is 1. The van der Waals surface area contributed by atoms with Gasteiger partial charge in [-0.2, -0.15) is 0 Å². The number of rotatable bonds is 4. The molecule has 0 saturated heterocycles. The molecule has 0 aliphatic rings. The summed E-state index contributed by atoms with van der Waals surface area (Å²) in [5.41, 5.74) is 1.56. The summed E-state index contributed by atoms with van der Waals surface area (Å²) in [4.78, 5) is 0. The predicted octanol–water partition coefficient (Wildman–Crippen LogP) is 5.53. The number of phenols is 1. The largest absolute Gasteiger partial charge is 0.504 e. The molecule has 112 valence electrons. The maximum atomic E-state index is 9.78. The zero-order valence-electron chi connectivity index (χ0n) is 11.5. The predicted molar refractivity (Wildman–Crippen MR) is 88.2 cm³/mol. The Hall–Kier alpha value is -1.29. The number of halogens is 3. The van der Waals surface area contributed by atoms with E-state index in [0.29, 0.717) is 20.8 Å². The van der Waals surface area contributed by atoms with Crippen LogP contribution in [0.3, 0.4) is 0 Å². The van der Waals surface area contributed by atoms with Crippen LogP contribution in [0.25, 0.3) is 0 Å². The highest BCUT2D eigenvalue weighted by Crippen LogP contribution is 2.37. The average molecular weight is 347 g/mol. The molecule has 0 aliphatic heterocycles. The molecule has 0 aliphatic carbocycles. The van der Waals surface area contributed by atoms with E-state index in [1.807, 2.05) is 13.0 Å². The SMILES string of the molecule is COc1ccc(NC(C)c2ccc(Cl)c(Cl)c2Cl)cc1O. The molecule has 0 radical (unpaired) electrons. The highest BCUT2D eigenvalue weighted by Gasteiger charge is 2.15. The third kappa shape index (κ3) is 3.49. The number of hydrogen-bond acceptors (Lipinski definition) is 3. The van der Waals surface area contributed by atoms with E-state index >= 15 is 0 Å². The fraction of sp³-hybridized carbons (Fsp3) is 0.200. The maximum absolute atomic E-state index is 9.78. The van der Waals surface area contributed by atoms with Crippen LogP contribution in [0.2, 0.25) is 15.1 Å². The third-order valence-corrected chi connectivity index (χ3v) is 4.40. The summed E-state index contributed by atoms with van der Waals surface area (Å²) in [5.74, 6) is 0.482. The van der Waals surface area contributed by atoms with Crippen molar-refractivity contribution in [3.05, 3.63) is 51.0 Å². The summed E-state index contributed by atoms with van der Waals surface area (Å²) in [6.07, 6.45) is 0. The molecule has 0 fully saturated rings. The number of hydrogen-bond donors (Lipinski definition) is 2. The zero-order chi connectivity index (χ0) is 15.6. The van der Waals surface area contributed by atoms with Crippen molar-refractivity contribution < 1.29 is 9.84 Å². The summed E-state index contributed by atoms with van der Waals surface area (Å²) in [7, 11) is 1.50. The summed E-state index contributed by atoms with van der Waals surface area (Å²) in [5, 5.41) is 14.2. The standard InChI is InChI=1S/C15H14Cl3NO2/c1-8(10-4-5-11(16)15(18)14(10)17)19-9-3-6-13(21-2)12(20)7-9/h3-8,19-20H,1-2H3. The van der Waals surface area contributed by atoms with Gasteiger partial charge in [0.25, 0.3) is 0 Å². The fourth-order valence-corrected chi connectivity index (χ4v) is 2.69. The van der Waals surface area contributed by atoms with Crippen molar-refractivity contribution in [1.29, 1.82) is 0 Å². The maximum Gasteiger partial charge on any atom is 0.160 e. The molecule has 0 amide bonds. The molecule has 0 bridgehead atoms. The molecule has 2 rings (SSSR count). The lowest BCUT2D eigenvalue weighted by molar-refractivity contribution is 0.373. The van der Waals surface area contributed by atoms with E-state index in [2.05, 4.69) is 5.32 Å². The van der Waals surface area contributed by atoms with Crippen LogP contribution in [0, 0.1) is 0 Å². The quantitative estimate of drug-likeness (QED) is 0.715. The summed E-state index contributed by atoms with van der Waals surface area (Å²) in [6.45, 7) is 1.94. The Balaban J connectivity index is 2.24. The summed E-state index contributed by atoms with van der Waals surface area (Å²) in [6, 6.07) is 8.48. The molecule has 0 aromatic heterocycles. The van der Waals surface area contributed by atoms with Crippen LogP contribution >= 0.6 is 34.8 Å². The first-order chi connectivity index (χ1) is 9.93. The Kier molecular flexibility index (Phi) is 5.09. The van der Waals surface area contributed by atoms with Crippen molar-refractivity contribution in [2.45, 2.75) is 13.0 Å². The van der Waals surface area contributed by atoms with Crippen molar-refractivity contribution in [2.75, 3.05) is 12.4 Å². The number of ether oxygens (including phenoxy) is 1. The van der Waals surface area contributed by atoms with E-state index in [1.165, 1.54) is 7.11 Å². The van der Waals surface area contributed by atoms with Gasteiger partial charge >= 0.3 is 0 Å². The van der Waals surface area contributed by atoms with Gasteiger partial charge in [0, 0.05) is 11.8 Å². The second kappa shape index (κ2) is 6.65. The lowest BCUT2D eigenvalue weighted by atomic mass is 10.1. The Morgan fingerprint density at radius 1 is 1.10 bits per heavy atom. The van der Waals surface area contributed by atoms with Gasteiger partial charge in [0.1, 0.15) is 0 Å². The van der Waals surface area contributed by atoms with E-state index in [0.717, 1.165) is 11.3 Å². The first-order valence-electron chi connectivity index (χ1n) is 6.21. The minimum Gasteiger partial charge on any atom is -0.504 e. The molecule has 2 aromatic rings. The monoisotopic (exact) mass is 345 g/mol. The molecular formula is C15H14Cl3NO2. The molecule has 2 aromatic carbocycles. The van der Waals surface area contributed by atoms with Crippen molar-refractivity contribution in [1.82, 2.24) is 0 Å². The highest BCUT2D eigenvalue weighted by molar-refractivity contribution is 6.48. The third-order valence-electron chi connectivity index (χ3n) is 3.09. The molecule has 21 heavy (non-hydrogen) atoms. The smallest absolute Gasteiger partial charge is 0.160 e. The Morgan fingerprint density at radius 2 is 1.81 bits per heavy atom. The number of phenolic OH excluding ortho intramolecular Hbond substituents is 1. The van der Waals surface area contributed by atoms with Crippen molar-refractivity contribution >= 4 is 40.5 Å². The molecule has 1 atom stereocenters. The van der Waals surface area contributed by atoms with Gasteiger partial charge in [0.2, 0.25) is 0 Å². The Labute approximate surface area is 138 Å². The van der Waals surface area contributed by atoms with Crippen LogP contribution < -0.4 is 10.1 Å². The molecule has 6 heteroatoms. The zero-order valence-corrected chi connectivity index (χ0v) is 13.7. The highest BCUT2D eigenvalue weighted by atomic mass is 35.5. The number of benzene rings is 2. The first kappa shape index (κ1) is 16.1. The number of anilines is 1. The van der Waals surface area contributed by atoms with E-state index in [-0.39, 0.29) is 11.8 Å². The average Bonchev–Trinajstić information content (AvgIpc) is 2.45. The van der Waals surface area contributed by atoms with Gasteiger partial charge < -0.3 is 15.2 Å². The normalized spacial score (nSPS) is 12.0. The number of methoxy groups -OCH3 is 1. The van der Waals surface area contributed by atoms with Crippen LogP contribution in [0.15, 0.2) is 30.3 Å². The minimum atomic E-state index is -0.111. The molecule has 1 unspecified atom stereocenters.